The normalized spacial score (nSPS) is 16.3. The Labute approximate surface area is 187 Å². The average Bonchev–Trinajstić information content (AvgIpc) is 3.57. The van der Waals surface area contributed by atoms with Gasteiger partial charge in [-0.15, -0.1) is 0 Å². The van der Waals surface area contributed by atoms with Gasteiger partial charge in [-0.2, -0.15) is 0 Å². The zero-order valence-corrected chi connectivity index (χ0v) is 18.7. The summed E-state index contributed by atoms with van der Waals surface area (Å²) < 4.78 is 36.6. The molecular weight excluding hydrogens is 422 g/mol. The maximum absolute atomic E-state index is 11.6. The van der Waals surface area contributed by atoms with Crippen molar-refractivity contribution < 1.29 is 17.9 Å². The van der Waals surface area contributed by atoms with Gasteiger partial charge in [-0.25, -0.2) is 8.42 Å². The first-order valence-electron chi connectivity index (χ1n) is 10.7. The minimum atomic E-state index is -3.18. The second-order valence-electron chi connectivity index (χ2n) is 8.15. The topological polar surface area (TPSA) is 60.8 Å². The zero-order chi connectivity index (χ0) is 22.1. The molecule has 2 heterocycles. The molecule has 1 aromatic heterocycles. The summed E-state index contributed by atoms with van der Waals surface area (Å²) in [4.78, 5) is 0.331. The van der Waals surface area contributed by atoms with Gasteiger partial charge in [-0.05, 0) is 41.5 Å². The summed E-state index contributed by atoms with van der Waals surface area (Å²) in [6.45, 7) is 2.92. The van der Waals surface area contributed by atoms with Crippen LogP contribution in [0.1, 0.15) is 11.1 Å². The summed E-state index contributed by atoms with van der Waals surface area (Å²) in [5.41, 5.74) is 4.44. The van der Waals surface area contributed by atoms with Gasteiger partial charge in [0.05, 0.1) is 24.7 Å². The smallest absolute Gasteiger partial charge is 0.175 e. The second kappa shape index (κ2) is 8.54. The summed E-state index contributed by atoms with van der Waals surface area (Å²) in [5.74, 6) is 0. The molecule has 0 saturated carbocycles. The van der Waals surface area contributed by atoms with Gasteiger partial charge in [-0.3, -0.25) is 0 Å². The Kier molecular flexibility index (Phi) is 5.59. The minimum absolute atomic E-state index is 0.282. The Hall–Kier alpha value is -2.93. The molecule has 1 unspecified atom stereocenters. The summed E-state index contributed by atoms with van der Waals surface area (Å²) in [7, 11) is -3.18. The maximum Gasteiger partial charge on any atom is 0.175 e. The number of fused-ring (bicyclic) bond motifs is 3. The lowest BCUT2D eigenvalue weighted by atomic mass is 10.1. The lowest BCUT2D eigenvalue weighted by Crippen LogP contribution is -2.09. The highest BCUT2D eigenvalue weighted by molar-refractivity contribution is 7.90. The third kappa shape index (κ3) is 4.48. The molecule has 1 aliphatic heterocycles. The average molecular weight is 448 g/mol. The van der Waals surface area contributed by atoms with Crippen LogP contribution in [0.3, 0.4) is 0 Å². The van der Waals surface area contributed by atoms with Crippen molar-refractivity contribution in [3.05, 3.63) is 77.9 Å². The predicted octanol–water partition coefficient (Wildman–Crippen LogP) is 4.78. The molecular formula is C26H25NO4S. The van der Waals surface area contributed by atoms with E-state index in [4.69, 9.17) is 9.47 Å². The van der Waals surface area contributed by atoms with Crippen molar-refractivity contribution in [3.63, 3.8) is 0 Å². The molecule has 32 heavy (non-hydrogen) atoms. The van der Waals surface area contributed by atoms with E-state index < -0.39 is 9.84 Å². The number of sulfone groups is 1. The van der Waals surface area contributed by atoms with Crippen LogP contribution in [0.15, 0.2) is 71.6 Å². The molecule has 1 atom stereocenters. The lowest BCUT2D eigenvalue weighted by Gasteiger charge is -2.08. The summed E-state index contributed by atoms with van der Waals surface area (Å²) >= 11 is 0. The molecule has 1 saturated heterocycles. The molecule has 1 aliphatic rings. The molecule has 4 aromatic rings. The summed E-state index contributed by atoms with van der Waals surface area (Å²) in [6.07, 6.45) is 5.56. The van der Waals surface area contributed by atoms with Gasteiger partial charge in [0.25, 0.3) is 0 Å². The molecule has 0 radical (unpaired) electrons. The minimum Gasteiger partial charge on any atom is -0.377 e. The van der Waals surface area contributed by atoms with Crippen LogP contribution in [0.5, 0.6) is 0 Å². The Balaban J connectivity index is 1.41. The number of hydrogen-bond acceptors (Lipinski definition) is 4. The van der Waals surface area contributed by atoms with Gasteiger partial charge in [0.1, 0.15) is 6.10 Å². The van der Waals surface area contributed by atoms with Crippen LogP contribution in [-0.2, 0) is 25.9 Å². The molecule has 0 spiro atoms. The van der Waals surface area contributed by atoms with E-state index in [2.05, 4.69) is 53.1 Å². The lowest BCUT2D eigenvalue weighted by molar-refractivity contribution is 0.111. The third-order valence-corrected chi connectivity index (χ3v) is 6.87. The van der Waals surface area contributed by atoms with Crippen molar-refractivity contribution >= 4 is 43.8 Å². The number of para-hydroxylation sites is 1. The summed E-state index contributed by atoms with van der Waals surface area (Å²) in [6, 6.07) is 21.8. The molecule has 0 bridgehead atoms. The molecule has 164 valence electrons. The Morgan fingerprint density at radius 3 is 2.41 bits per heavy atom. The van der Waals surface area contributed by atoms with E-state index in [-0.39, 0.29) is 6.10 Å². The van der Waals surface area contributed by atoms with E-state index >= 15 is 0 Å². The van der Waals surface area contributed by atoms with Crippen LogP contribution in [0, 0.1) is 0 Å². The number of nitrogens with zero attached hydrogens (tertiary/aromatic N) is 1. The number of benzene rings is 3. The number of ether oxygens (including phenoxy) is 2. The first-order valence-corrected chi connectivity index (χ1v) is 12.6. The van der Waals surface area contributed by atoms with E-state index in [9.17, 15) is 8.42 Å². The fourth-order valence-electron chi connectivity index (χ4n) is 3.97. The van der Waals surface area contributed by atoms with Crippen LogP contribution in [0.2, 0.25) is 0 Å². The molecule has 1 fully saturated rings. The van der Waals surface area contributed by atoms with Gasteiger partial charge in [0, 0.05) is 34.6 Å². The van der Waals surface area contributed by atoms with Gasteiger partial charge in [0.15, 0.2) is 9.84 Å². The van der Waals surface area contributed by atoms with Crippen LogP contribution < -0.4 is 0 Å². The molecule has 5 nitrogen and oxygen atoms in total. The van der Waals surface area contributed by atoms with E-state index in [1.54, 1.807) is 12.1 Å². The first kappa shape index (κ1) is 20.9. The zero-order valence-electron chi connectivity index (χ0n) is 17.9. The fraction of sp³-hybridized carbons (Fsp3) is 0.231. The van der Waals surface area contributed by atoms with Gasteiger partial charge < -0.3 is 14.0 Å². The Morgan fingerprint density at radius 2 is 1.66 bits per heavy atom. The van der Waals surface area contributed by atoms with Crippen molar-refractivity contribution in [1.82, 2.24) is 4.57 Å². The number of hydrogen-bond donors (Lipinski definition) is 0. The van der Waals surface area contributed by atoms with Crippen molar-refractivity contribution in [1.29, 1.82) is 0 Å². The Morgan fingerprint density at radius 1 is 0.969 bits per heavy atom. The standard InChI is InChI=1S/C26H25NO4S/c1-32(28,29)22-11-8-19(9-12-22)6-7-20-10-13-26-24(16-20)23-4-2-3-5-25(23)27(26)14-15-30-17-21-18-31-21/h2-13,16,21H,14-15,17-18H2,1H3/b7-6+. The van der Waals surface area contributed by atoms with Crippen LogP contribution in [-0.4, -0.2) is 45.2 Å². The maximum atomic E-state index is 11.6. The van der Waals surface area contributed by atoms with Crippen molar-refractivity contribution in [2.24, 2.45) is 0 Å². The quantitative estimate of drug-likeness (QED) is 0.221. The highest BCUT2D eigenvalue weighted by Crippen LogP contribution is 2.30. The van der Waals surface area contributed by atoms with Gasteiger partial charge in [-0.1, -0.05) is 48.6 Å². The fourth-order valence-corrected chi connectivity index (χ4v) is 4.60. The number of epoxide rings is 1. The van der Waals surface area contributed by atoms with Crippen LogP contribution in [0.25, 0.3) is 34.0 Å². The van der Waals surface area contributed by atoms with E-state index in [0.29, 0.717) is 18.1 Å². The number of aromatic nitrogens is 1. The largest absolute Gasteiger partial charge is 0.377 e. The first-order chi connectivity index (χ1) is 15.5. The number of rotatable bonds is 8. The van der Waals surface area contributed by atoms with Crippen molar-refractivity contribution in [2.45, 2.75) is 17.5 Å². The SMILES string of the molecule is CS(=O)(=O)c1ccc(/C=C/c2ccc3c(c2)c2ccccc2n3CCOCC2CO2)cc1. The molecule has 3 aromatic carbocycles. The molecule has 0 N–H and O–H groups in total. The second-order valence-corrected chi connectivity index (χ2v) is 10.2. The molecule has 5 rings (SSSR count). The van der Waals surface area contributed by atoms with Crippen LogP contribution >= 0.6 is 0 Å². The highest BCUT2D eigenvalue weighted by atomic mass is 32.2. The van der Waals surface area contributed by atoms with E-state index in [1.165, 1.54) is 28.1 Å². The monoisotopic (exact) mass is 447 g/mol. The highest BCUT2D eigenvalue weighted by Gasteiger charge is 2.22. The van der Waals surface area contributed by atoms with Crippen molar-refractivity contribution in [3.8, 4) is 0 Å². The van der Waals surface area contributed by atoms with E-state index in [1.807, 2.05) is 18.2 Å². The Bertz CT molecular complexity index is 1400. The molecule has 0 aliphatic carbocycles. The predicted molar refractivity (Wildman–Crippen MR) is 128 cm³/mol. The molecule has 0 amide bonds. The molecule has 6 heteroatoms. The third-order valence-electron chi connectivity index (χ3n) is 5.74. The van der Waals surface area contributed by atoms with Gasteiger partial charge in [0.2, 0.25) is 0 Å². The van der Waals surface area contributed by atoms with Crippen molar-refractivity contribution in [2.75, 3.05) is 26.1 Å². The van der Waals surface area contributed by atoms with Gasteiger partial charge >= 0.3 is 0 Å². The van der Waals surface area contributed by atoms with Crippen LogP contribution in [0.4, 0.5) is 0 Å². The van der Waals surface area contributed by atoms with E-state index in [0.717, 1.165) is 24.3 Å². The summed E-state index contributed by atoms with van der Waals surface area (Å²) in [5, 5.41) is 2.43.